The van der Waals surface area contributed by atoms with Gasteiger partial charge in [-0.1, -0.05) is 35.0 Å². The molecule has 1 aromatic carbocycles. The van der Waals surface area contributed by atoms with Crippen LogP contribution >= 0.6 is 0 Å². The van der Waals surface area contributed by atoms with Crippen LogP contribution in [0.3, 0.4) is 0 Å². The summed E-state index contributed by atoms with van der Waals surface area (Å²) in [4.78, 5) is 16.0. The Bertz CT molecular complexity index is 575. The van der Waals surface area contributed by atoms with Gasteiger partial charge < -0.3 is 5.21 Å². The molecule has 90 valence electrons. The molecule has 0 amide bonds. The van der Waals surface area contributed by atoms with Crippen molar-refractivity contribution in [3.8, 4) is 0 Å². The van der Waals surface area contributed by atoms with Crippen LogP contribution in [0, 0.1) is 6.92 Å². The highest BCUT2D eigenvalue weighted by molar-refractivity contribution is 6.51. The van der Waals surface area contributed by atoms with Crippen LogP contribution in [-0.4, -0.2) is 21.7 Å². The van der Waals surface area contributed by atoms with Crippen molar-refractivity contribution in [1.29, 1.82) is 0 Å². The number of hydrogen-bond donors (Lipinski definition) is 1. The number of aromatic nitrogens is 1. The van der Waals surface area contributed by atoms with Gasteiger partial charge in [-0.15, -0.1) is 0 Å². The summed E-state index contributed by atoms with van der Waals surface area (Å²) in [5, 5.41) is 12.1. The lowest BCUT2D eigenvalue weighted by Gasteiger charge is -2.04. The van der Waals surface area contributed by atoms with E-state index >= 15 is 0 Å². The molecule has 0 saturated heterocycles. The second kappa shape index (κ2) is 5.23. The summed E-state index contributed by atoms with van der Waals surface area (Å²) in [6.45, 7) is 1.95. The number of Topliss-reactive ketones (excluding diaryl/α,β-unsaturated/α-hetero) is 1. The van der Waals surface area contributed by atoms with Crippen LogP contribution in [0.25, 0.3) is 0 Å². The minimum absolute atomic E-state index is 0.0167. The second-order valence-electron chi connectivity index (χ2n) is 3.89. The van der Waals surface area contributed by atoms with Gasteiger partial charge in [0, 0.05) is 23.5 Å². The Labute approximate surface area is 105 Å². The fourth-order valence-corrected chi connectivity index (χ4v) is 1.58. The van der Waals surface area contributed by atoms with E-state index in [0.717, 1.165) is 5.56 Å². The van der Waals surface area contributed by atoms with E-state index in [1.807, 2.05) is 19.1 Å². The zero-order valence-electron chi connectivity index (χ0n) is 9.87. The molecular weight excluding hydrogens is 228 g/mol. The Morgan fingerprint density at radius 1 is 1.17 bits per heavy atom. The van der Waals surface area contributed by atoms with Crippen LogP contribution in [0.1, 0.15) is 21.5 Å². The molecule has 0 fully saturated rings. The van der Waals surface area contributed by atoms with Crippen molar-refractivity contribution in [3.63, 3.8) is 0 Å². The first-order valence-corrected chi connectivity index (χ1v) is 5.46. The number of hydrogen-bond acceptors (Lipinski definition) is 4. The van der Waals surface area contributed by atoms with Gasteiger partial charge in [0.25, 0.3) is 0 Å². The summed E-state index contributed by atoms with van der Waals surface area (Å²) in [5.74, 6) is -0.352. The van der Waals surface area contributed by atoms with Crippen LogP contribution < -0.4 is 0 Å². The maximum absolute atomic E-state index is 12.1. The molecule has 0 aliphatic rings. The predicted octanol–water partition coefficient (Wildman–Crippen LogP) is 2.45. The fourth-order valence-electron chi connectivity index (χ4n) is 1.58. The highest BCUT2D eigenvalue weighted by atomic mass is 16.4. The van der Waals surface area contributed by atoms with E-state index in [1.165, 1.54) is 6.20 Å². The lowest BCUT2D eigenvalue weighted by molar-refractivity contribution is 0.106. The number of benzene rings is 1. The molecule has 1 heterocycles. The summed E-state index contributed by atoms with van der Waals surface area (Å²) >= 11 is 0. The molecule has 1 N–H and O–H groups in total. The molecule has 1 aromatic heterocycles. The van der Waals surface area contributed by atoms with Gasteiger partial charge in [-0.3, -0.25) is 9.78 Å². The van der Waals surface area contributed by atoms with Gasteiger partial charge in [0.1, 0.15) is 0 Å². The molecule has 0 aliphatic heterocycles. The standard InChI is InChI=1S/C14H12N2O2/c1-10-4-6-11(7-5-10)13(16-18)14(17)12-3-2-8-15-9-12/h2-9,18H,1H3/b16-13+. The Kier molecular flexibility index (Phi) is 3.48. The number of pyridine rings is 1. The van der Waals surface area contributed by atoms with Crippen molar-refractivity contribution in [2.75, 3.05) is 0 Å². The van der Waals surface area contributed by atoms with Crippen molar-refractivity contribution in [2.45, 2.75) is 6.92 Å². The highest BCUT2D eigenvalue weighted by Gasteiger charge is 2.16. The van der Waals surface area contributed by atoms with Crippen LogP contribution in [0.2, 0.25) is 0 Å². The quantitative estimate of drug-likeness (QED) is 0.388. The lowest BCUT2D eigenvalue weighted by atomic mass is 10.0. The third kappa shape index (κ3) is 2.43. The molecule has 2 rings (SSSR count). The Hall–Kier alpha value is -2.49. The average Bonchev–Trinajstić information content (AvgIpc) is 2.42. The monoisotopic (exact) mass is 240 g/mol. The van der Waals surface area contributed by atoms with Gasteiger partial charge in [0.15, 0.2) is 5.71 Å². The zero-order valence-corrected chi connectivity index (χ0v) is 9.87. The molecular formula is C14H12N2O2. The molecule has 0 radical (unpaired) electrons. The highest BCUT2D eigenvalue weighted by Crippen LogP contribution is 2.09. The summed E-state index contributed by atoms with van der Waals surface area (Å²) in [6, 6.07) is 10.5. The van der Waals surface area contributed by atoms with Gasteiger partial charge in [-0.2, -0.15) is 0 Å². The van der Waals surface area contributed by atoms with Crippen molar-refractivity contribution in [3.05, 3.63) is 65.5 Å². The number of aryl methyl sites for hydroxylation is 1. The van der Waals surface area contributed by atoms with Crippen LogP contribution in [0.4, 0.5) is 0 Å². The van der Waals surface area contributed by atoms with Gasteiger partial charge in [-0.05, 0) is 19.1 Å². The predicted molar refractivity (Wildman–Crippen MR) is 68.1 cm³/mol. The smallest absolute Gasteiger partial charge is 0.216 e. The number of oxime groups is 1. The first-order valence-electron chi connectivity index (χ1n) is 5.46. The van der Waals surface area contributed by atoms with Crippen LogP contribution in [0.15, 0.2) is 53.9 Å². The summed E-state index contributed by atoms with van der Waals surface area (Å²) in [6.07, 6.45) is 3.03. The maximum Gasteiger partial charge on any atom is 0.216 e. The van der Waals surface area contributed by atoms with Crippen LogP contribution in [0.5, 0.6) is 0 Å². The maximum atomic E-state index is 12.1. The van der Waals surface area contributed by atoms with Gasteiger partial charge in [-0.25, -0.2) is 0 Å². The zero-order chi connectivity index (χ0) is 13.0. The Morgan fingerprint density at radius 3 is 2.44 bits per heavy atom. The van der Waals surface area contributed by atoms with Gasteiger partial charge >= 0.3 is 0 Å². The van der Waals surface area contributed by atoms with Gasteiger partial charge in [0.05, 0.1) is 0 Å². The second-order valence-corrected chi connectivity index (χ2v) is 3.89. The molecule has 0 saturated carbocycles. The number of carbonyl (C=O) groups is 1. The summed E-state index contributed by atoms with van der Waals surface area (Å²) in [5.41, 5.74) is 2.07. The molecule has 0 unspecified atom stereocenters. The third-order valence-electron chi connectivity index (χ3n) is 2.56. The first kappa shape index (κ1) is 12.0. The summed E-state index contributed by atoms with van der Waals surface area (Å²) < 4.78 is 0. The van der Waals surface area contributed by atoms with Crippen molar-refractivity contribution >= 4 is 11.5 Å². The van der Waals surface area contributed by atoms with Crippen molar-refractivity contribution in [1.82, 2.24) is 4.98 Å². The fraction of sp³-hybridized carbons (Fsp3) is 0.0714. The lowest BCUT2D eigenvalue weighted by Crippen LogP contribution is -2.16. The molecule has 4 heteroatoms. The minimum atomic E-state index is -0.352. The topological polar surface area (TPSA) is 62.6 Å². The van der Waals surface area contributed by atoms with Crippen molar-refractivity contribution in [2.24, 2.45) is 5.16 Å². The van der Waals surface area contributed by atoms with E-state index < -0.39 is 0 Å². The molecule has 2 aromatic rings. The van der Waals surface area contributed by atoms with E-state index in [4.69, 9.17) is 5.21 Å². The number of carbonyl (C=O) groups excluding carboxylic acids is 1. The largest absolute Gasteiger partial charge is 0.410 e. The average molecular weight is 240 g/mol. The number of nitrogens with zero attached hydrogens (tertiary/aromatic N) is 2. The van der Waals surface area contributed by atoms with E-state index in [2.05, 4.69) is 10.1 Å². The minimum Gasteiger partial charge on any atom is -0.410 e. The molecule has 4 nitrogen and oxygen atoms in total. The molecule has 18 heavy (non-hydrogen) atoms. The van der Waals surface area contributed by atoms with E-state index in [-0.39, 0.29) is 11.5 Å². The van der Waals surface area contributed by atoms with E-state index in [9.17, 15) is 4.79 Å². The third-order valence-corrected chi connectivity index (χ3v) is 2.56. The number of rotatable bonds is 3. The van der Waals surface area contributed by atoms with Crippen molar-refractivity contribution < 1.29 is 10.0 Å². The molecule has 0 bridgehead atoms. The molecule has 0 atom stereocenters. The number of ketones is 1. The van der Waals surface area contributed by atoms with E-state index in [1.54, 1.807) is 30.5 Å². The van der Waals surface area contributed by atoms with E-state index in [0.29, 0.717) is 11.1 Å². The Balaban J connectivity index is 2.36. The SMILES string of the molecule is Cc1ccc(/C(=N\O)C(=O)c2cccnc2)cc1. The molecule has 0 spiro atoms. The van der Waals surface area contributed by atoms with Crippen LogP contribution in [-0.2, 0) is 0 Å². The Morgan fingerprint density at radius 2 is 1.89 bits per heavy atom. The normalized spacial score (nSPS) is 11.3. The van der Waals surface area contributed by atoms with Gasteiger partial charge in [0.2, 0.25) is 5.78 Å². The first-order chi connectivity index (χ1) is 8.72. The summed E-state index contributed by atoms with van der Waals surface area (Å²) in [7, 11) is 0. The molecule has 0 aliphatic carbocycles.